The van der Waals surface area contributed by atoms with E-state index >= 15 is 0 Å². The Kier molecular flexibility index (Phi) is 6.87. The number of benzene rings is 2. The molecule has 0 radical (unpaired) electrons. The largest absolute Gasteiger partial charge is 0.479 e. The van der Waals surface area contributed by atoms with E-state index in [2.05, 4.69) is 10.6 Å². The highest BCUT2D eigenvalue weighted by molar-refractivity contribution is 5.97. The Hall–Kier alpha value is -3.42. The fraction of sp³-hybridized carbons (Fsp3) is 0.211. The number of hydrogen-bond acceptors (Lipinski definition) is 5. The predicted molar refractivity (Wildman–Crippen MR) is 95.9 cm³/mol. The maximum Gasteiger partial charge on any atom is 0.347 e. The molecule has 0 aliphatic rings. The molecule has 2 aromatic carbocycles. The topological polar surface area (TPSA) is 93.7 Å². The molecule has 142 valence electrons. The van der Waals surface area contributed by atoms with Gasteiger partial charge < -0.3 is 20.1 Å². The maximum absolute atomic E-state index is 12.8. The van der Waals surface area contributed by atoms with Crippen LogP contribution in [0.1, 0.15) is 17.3 Å². The average Bonchev–Trinajstić information content (AvgIpc) is 2.67. The van der Waals surface area contributed by atoms with Crippen molar-refractivity contribution in [3.8, 4) is 5.75 Å². The van der Waals surface area contributed by atoms with E-state index in [0.717, 1.165) is 0 Å². The quantitative estimate of drug-likeness (QED) is 0.724. The van der Waals surface area contributed by atoms with Gasteiger partial charge in [0.1, 0.15) is 11.6 Å². The van der Waals surface area contributed by atoms with Gasteiger partial charge in [-0.15, -0.1) is 0 Å². The van der Waals surface area contributed by atoms with Gasteiger partial charge in [-0.25, -0.2) is 9.18 Å². The first kappa shape index (κ1) is 19.9. The number of nitrogens with one attached hydrogen (secondary N) is 2. The van der Waals surface area contributed by atoms with Crippen LogP contribution in [-0.4, -0.2) is 37.5 Å². The van der Waals surface area contributed by atoms with Gasteiger partial charge in [0.05, 0.1) is 0 Å². The van der Waals surface area contributed by atoms with Crippen LogP contribution in [0.2, 0.25) is 0 Å². The lowest BCUT2D eigenvalue weighted by atomic mass is 10.2. The molecule has 0 heterocycles. The van der Waals surface area contributed by atoms with Gasteiger partial charge in [0, 0.05) is 18.3 Å². The average molecular weight is 374 g/mol. The van der Waals surface area contributed by atoms with E-state index < -0.39 is 30.4 Å². The molecule has 0 aliphatic carbocycles. The number of anilines is 1. The molecule has 0 fully saturated rings. The van der Waals surface area contributed by atoms with Crippen LogP contribution >= 0.6 is 0 Å². The number of carbonyl (C=O) groups excluding carboxylic acids is 3. The Morgan fingerprint density at radius 2 is 1.81 bits per heavy atom. The molecule has 2 amide bonds. The molecular formula is C19H19FN2O5. The molecule has 2 aromatic rings. The Morgan fingerprint density at radius 1 is 1.11 bits per heavy atom. The summed E-state index contributed by atoms with van der Waals surface area (Å²) in [5.41, 5.74) is 0.779. The van der Waals surface area contributed by atoms with Crippen LogP contribution < -0.4 is 15.4 Å². The van der Waals surface area contributed by atoms with Gasteiger partial charge in [-0.2, -0.15) is 0 Å². The van der Waals surface area contributed by atoms with E-state index in [1.807, 2.05) is 0 Å². The highest BCUT2D eigenvalue weighted by Gasteiger charge is 2.18. The second-order valence-corrected chi connectivity index (χ2v) is 5.53. The molecule has 1 atom stereocenters. The van der Waals surface area contributed by atoms with Gasteiger partial charge >= 0.3 is 5.97 Å². The fourth-order valence-corrected chi connectivity index (χ4v) is 2.10. The highest BCUT2D eigenvalue weighted by atomic mass is 19.1. The van der Waals surface area contributed by atoms with Crippen molar-refractivity contribution in [3.05, 3.63) is 59.9 Å². The van der Waals surface area contributed by atoms with Crippen molar-refractivity contribution in [2.24, 2.45) is 0 Å². The summed E-state index contributed by atoms with van der Waals surface area (Å²) in [6.07, 6.45) is -0.972. The van der Waals surface area contributed by atoms with E-state index in [0.29, 0.717) is 17.0 Å². The number of halogens is 1. The summed E-state index contributed by atoms with van der Waals surface area (Å²) in [6.45, 7) is 0.941. The van der Waals surface area contributed by atoms with E-state index in [1.165, 1.54) is 44.3 Å². The Balaban J connectivity index is 1.83. The molecule has 7 nitrogen and oxygen atoms in total. The standard InChI is InChI=1S/C19H19FN2O5/c1-12(27-16-8-6-14(20)7-9-16)19(25)26-11-17(23)22-15-5-3-4-13(10-15)18(24)21-2/h3-10,12H,11H2,1-2H3,(H,21,24)(H,22,23)/t12-/m1/s1. The first-order valence-electron chi connectivity index (χ1n) is 8.10. The molecule has 0 aromatic heterocycles. The minimum absolute atomic E-state index is 0.288. The Morgan fingerprint density at radius 3 is 2.48 bits per heavy atom. The summed E-state index contributed by atoms with van der Waals surface area (Å²) in [5.74, 6) is -1.71. The number of ether oxygens (including phenoxy) is 2. The minimum Gasteiger partial charge on any atom is -0.479 e. The number of carbonyl (C=O) groups is 3. The lowest BCUT2D eigenvalue weighted by Gasteiger charge is -2.14. The zero-order valence-corrected chi connectivity index (χ0v) is 14.8. The fourth-order valence-electron chi connectivity index (χ4n) is 2.10. The van der Waals surface area contributed by atoms with Gasteiger partial charge in [0.25, 0.3) is 11.8 Å². The smallest absolute Gasteiger partial charge is 0.347 e. The third-order valence-corrected chi connectivity index (χ3v) is 3.44. The van der Waals surface area contributed by atoms with Crippen molar-refractivity contribution >= 4 is 23.5 Å². The van der Waals surface area contributed by atoms with Crippen LogP contribution in [0.3, 0.4) is 0 Å². The SMILES string of the molecule is CNC(=O)c1cccc(NC(=O)COC(=O)[C@@H](C)Oc2ccc(F)cc2)c1. The molecule has 27 heavy (non-hydrogen) atoms. The first-order chi connectivity index (χ1) is 12.9. The Bertz CT molecular complexity index is 823. The normalized spacial score (nSPS) is 11.2. The van der Waals surface area contributed by atoms with E-state index in [4.69, 9.17) is 9.47 Å². The number of esters is 1. The molecule has 2 N–H and O–H groups in total. The summed E-state index contributed by atoms with van der Waals surface area (Å²) in [7, 11) is 1.50. The van der Waals surface area contributed by atoms with Gasteiger partial charge in [-0.05, 0) is 49.4 Å². The van der Waals surface area contributed by atoms with Gasteiger partial charge in [-0.3, -0.25) is 9.59 Å². The number of hydrogen-bond donors (Lipinski definition) is 2. The van der Waals surface area contributed by atoms with Crippen LogP contribution in [0.4, 0.5) is 10.1 Å². The molecule has 0 saturated carbocycles. The molecule has 0 bridgehead atoms. The monoisotopic (exact) mass is 374 g/mol. The first-order valence-corrected chi connectivity index (χ1v) is 8.10. The van der Waals surface area contributed by atoms with E-state index in [9.17, 15) is 18.8 Å². The van der Waals surface area contributed by atoms with Crippen molar-refractivity contribution in [2.75, 3.05) is 19.0 Å². The molecular weight excluding hydrogens is 355 g/mol. The molecule has 8 heteroatoms. The van der Waals surface area contributed by atoms with Crippen molar-refractivity contribution in [1.29, 1.82) is 0 Å². The second kappa shape index (κ2) is 9.33. The van der Waals surface area contributed by atoms with E-state index in [1.54, 1.807) is 18.2 Å². The van der Waals surface area contributed by atoms with Crippen LogP contribution in [0.25, 0.3) is 0 Å². The zero-order valence-electron chi connectivity index (χ0n) is 14.8. The molecule has 0 aliphatic heterocycles. The molecule has 2 rings (SSSR count). The minimum atomic E-state index is -0.972. The van der Waals surface area contributed by atoms with Crippen LogP contribution in [0.15, 0.2) is 48.5 Å². The molecule has 0 unspecified atom stereocenters. The molecule has 0 spiro atoms. The maximum atomic E-state index is 12.8. The summed E-state index contributed by atoms with van der Waals surface area (Å²) in [5, 5.41) is 5.01. The van der Waals surface area contributed by atoms with Gasteiger partial charge in [-0.1, -0.05) is 6.07 Å². The van der Waals surface area contributed by atoms with Crippen LogP contribution in [0, 0.1) is 5.82 Å². The van der Waals surface area contributed by atoms with Crippen molar-refractivity contribution in [1.82, 2.24) is 5.32 Å². The van der Waals surface area contributed by atoms with Crippen LogP contribution in [-0.2, 0) is 14.3 Å². The number of amides is 2. The second-order valence-electron chi connectivity index (χ2n) is 5.53. The van der Waals surface area contributed by atoms with Gasteiger partial charge in [0.15, 0.2) is 12.7 Å². The zero-order chi connectivity index (χ0) is 19.8. The summed E-state index contributed by atoms with van der Waals surface area (Å²) >= 11 is 0. The van der Waals surface area contributed by atoms with Crippen molar-refractivity contribution in [3.63, 3.8) is 0 Å². The lowest BCUT2D eigenvalue weighted by molar-refractivity contribution is -0.153. The van der Waals surface area contributed by atoms with E-state index in [-0.39, 0.29) is 5.91 Å². The van der Waals surface area contributed by atoms with Crippen molar-refractivity contribution < 1.29 is 28.2 Å². The summed E-state index contributed by atoms with van der Waals surface area (Å²) in [4.78, 5) is 35.4. The predicted octanol–water partition coefficient (Wildman–Crippen LogP) is 2.13. The third kappa shape index (κ3) is 6.10. The third-order valence-electron chi connectivity index (χ3n) is 3.44. The van der Waals surface area contributed by atoms with Crippen LogP contribution in [0.5, 0.6) is 5.75 Å². The summed E-state index contributed by atoms with van der Waals surface area (Å²) < 4.78 is 23.1. The summed E-state index contributed by atoms with van der Waals surface area (Å²) in [6, 6.07) is 11.5. The number of rotatable bonds is 7. The highest BCUT2D eigenvalue weighted by Crippen LogP contribution is 2.14. The van der Waals surface area contributed by atoms with Gasteiger partial charge in [0.2, 0.25) is 0 Å². The lowest BCUT2D eigenvalue weighted by Crippen LogP contribution is -2.29. The molecule has 0 saturated heterocycles. The van der Waals surface area contributed by atoms with Crippen molar-refractivity contribution in [2.45, 2.75) is 13.0 Å². The Labute approximate surface area is 155 Å².